The number of nitriles is 1. The van der Waals surface area contributed by atoms with Crippen LogP contribution in [0.15, 0.2) is 36.5 Å². The fraction of sp³-hybridized carbons (Fsp3) is 0.0714. The molecule has 1 heterocycles. The number of nitrogens with zero attached hydrogens (tertiary/aromatic N) is 1. The second-order valence-corrected chi connectivity index (χ2v) is 4.12. The molecule has 0 saturated carbocycles. The third-order valence-corrected chi connectivity index (χ3v) is 2.71. The predicted molar refractivity (Wildman–Crippen MR) is 69.2 cm³/mol. The van der Waals surface area contributed by atoms with Gasteiger partial charge >= 0.3 is 0 Å². The van der Waals surface area contributed by atoms with E-state index in [-0.39, 0.29) is 11.4 Å². The Bertz CT molecular complexity index is 720. The summed E-state index contributed by atoms with van der Waals surface area (Å²) >= 11 is 0. The highest BCUT2D eigenvalue weighted by Gasteiger charge is 2.28. The van der Waals surface area contributed by atoms with Gasteiger partial charge in [-0.25, -0.2) is 8.78 Å². The predicted octanol–water partition coefficient (Wildman–Crippen LogP) is 2.25. The zero-order valence-corrected chi connectivity index (χ0v) is 10.6. The smallest absolute Gasteiger partial charge is 0.249 e. The Morgan fingerprint density at radius 2 is 2.05 bits per heavy atom. The van der Waals surface area contributed by atoms with E-state index < -0.39 is 29.2 Å². The molecule has 0 spiro atoms. The van der Waals surface area contributed by atoms with Crippen molar-refractivity contribution in [2.45, 2.75) is 0 Å². The number of aromatic nitrogens is 1. The standard InChI is InChI=1S/C14H9F2N3O2/c15-8-3-4-11(10(16)6-8)19-14(21)9(7-17)13(20)12-2-1-5-18-12/h1-6,9,18H,(H,19,21). The molecule has 1 aromatic carbocycles. The zero-order chi connectivity index (χ0) is 15.4. The van der Waals surface area contributed by atoms with Gasteiger partial charge in [-0.05, 0) is 24.3 Å². The van der Waals surface area contributed by atoms with Crippen LogP contribution in [0, 0.1) is 28.9 Å². The summed E-state index contributed by atoms with van der Waals surface area (Å²) in [6.45, 7) is 0. The van der Waals surface area contributed by atoms with E-state index in [0.717, 1.165) is 12.1 Å². The Labute approximate surface area is 118 Å². The Hall–Kier alpha value is -3.01. The van der Waals surface area contributed by atoms with Crippen molar-refractivity contribution in [1.29, 1.82) is 5.26 Å². The Kier molecular flexibility index (Phi) is 4.09. The minimum absolute atomic E-state index is 0.0938. The van der Waals surface area contributed by atoms with Crippen molar-refractivity contribution in [3.8, 4) is 6.07 Å². The lowest BCUT2D eigenvalue weighted by Gasteiger charge is -2.09. The molecule has 0 fully saturated rings. The molecule has 106 valence electrons. The Morgan fingerprint density at radius 1 is 1.29 bits per heavy atom. The fourth-order valence-electron chi connectivity index (χ4n) is 1.67. The minimum atomic E-state index is -1.63. The number of rotatable bonds is 4. The van der Waals surface area contributed by atoms with E-state index in [9.17, 15) is 18.4 Å². The van der Waals surface area contributed by atoms with Crippen LogP contribution in [0.3, 0.4) is 0 Å². The van der Waals surface area contributed by atoms with Gasteiger partial charge in [-0.2, -0.15) is 5.26 Å². The van der Waals surface area contributed by atoms with Crippen molar-refractivity contribution in [2.75, 3.05) is 5.32 Å². The molecule has 0 bridgehead atoms. The molecule has 2 rings (SSSR count). The number of H-pyrrole nitrogens is 1. The number of ketones is 1. The van der Waals surface area contributed by atoms with E-state index >= 15 is 0 Å². The van der Waals surface area contributed by atoms with Gasteiger partial charge in [0.25, 0.3) is 0 Å². The first kappa shape index (κ1) is 14.4. The van der Waals surface area contributed by atoms with Crippen LogP contribution in [0.1, 0.15) is 10.5 Å². The van der Waals surface area contributed by atoms with Crippen molar-refractivity contribution in [3.05, 3.63) is 53.9 Å². The molecule has 1 unspecified atom stereocenters. The maximum Gasteiger partial charge on any atom is 0.249 e. The molecular weight excluding hydrogens is 280 g/mol. The first-order chi connectivity index (χ1) is 10.0. The monoisotopic (exact) mass is 289 g/mol. The van der Waals surface area contributed by atoms with Crippen LogP contribution >= 0.6 is 0 Å². The molecule has 5 nitrogen and oxygen atoms in total. The van der Waals surface area contributed by atoms with E-state index in [1.807, 2.05) is 0 Å². The lowest BCUT2D eigenvalue weighted by Crippen LogP contribution is -2.29. The number of carbonyl (C=O) groups is 2. The largest absolute Gasteiger partial charge is 0.359 e. The van der Waals surface area contributed by atoms with Crippen molar-refractivity contribution in [2.24, 2.45) is 5.92 Å². The summed E-state index contributed by atoms with van der Waals surface area (Å²) in [6.07, 6.45) is 1.47. The molecule has 1 amide bonds. The average Bonchev–Trinajstić information content (AvgIpc) is 2.96. The number of nitrogens with one attached hydrogen (secondary N) is 2. The molecule has 2 aromatic rings. The SMILES string of the molecule is N#CC(C(=O)Nc1ccc(F)cc1F)C(=O)c1ccc[nH]1. The minimum Gasteiger partial charge on any atom is -0.359 e. The number of anilines is 1. The number of hydrogen-bond donors (Lipinski definition) is 2. The van der Waals surface area contributed by atoms with Crippen LogP contribution in [0.4, 0.5) is 14.5 Å². The van der Waals surface area contributed by atoms with Crippen molar-refractivity contribution in [1.82, 2.24) is 4.98 Å². The van der Waals surface area contributed by atoms with E-state index in [2.05, 4.69) is 10.3 Å². The van der Waals surface area contributed by atoms with Gasteiger partial charge in [0, 0.05) is 12.3 Å². The topological polar surface area (TPSA) is 85.8 Å². The lowest BCUT2D eigenvalue weighted by atomic mass is 10.0. The molecule has 0 aliphatic carbocycles. The summed E-state index contributed by atoms with van der Waals surface area (Å²) in [4.78, 5) is 26.4. The van der Waals surface area contributed by atoms with E-state index in [0.29, 0.717) is 6.07 Å². The van der Waals surface area contributed by atoms with Gasteiger partial charge in [0.1, 0.15) is 11.6 Å². The number of hydrogen-bond acceptors (Lipinski definition) is 3. The Balaban J connectivity index is 2.18. The van der Waals surface area contributed by atoms with Crippen LogP contribution in [0.5, 0.6) is 0 Å². The maximum atomic E-state index is 13.4. The highest BCUT2D eigenvalue weighted by Crippen LogP contribution is 2.17. The van der Waals surface area contributed by atoms with Gasteiger partial charge in [-0.1, -0.05) is 0 Å². The fourth-order valence-corrected chi connectivity index (χ4v) is 1.67. The molecule has 2 N–H and O–H groups in total. The average molecular weight is 289 g/mol. The quantitative estimate of drug-likeness (QED) is 0.668. The van der Waals surface area contributed by atoms with Crippen LogP contribution in [0.2, 0.25) is 0 Å². The molecular formula is C14H9F2N3O2. The van der Waals surface area contributed by atoms with Crippen LogP contribution < -0.4 is 5.32 Å². The maximum absolute atomic E-state index is 13.4. The third kappa shape index (κ3) is 3.12. The number of benzene rings is 1. The van der Waals surface area contributed by atoms with Gasteiger partial charge in [0.2, 0.25) is 11.7 Å². The number of amides is 1. The third-order valence-electron chi connectivity index (χ3n) is 2.71. The first-order valence-corrected chi connectivity index (χ1v) is 5.86. The normalized spacial score (nSPS) is 11.5. The van der Waals surface area contributed by atoms with Crippen molar-refractivity contribution >= 4 is 17.4 Å². The lowest BCUT2D eigenvalue weighted by molar-refractivity contribution is -0.117. The number of Topliss-reactive ketones (excluding diaryl/α,β-unsaturated/α-hetero) is 1. The van der Waals surface area contributed by atoms with Gasteiger partial charge in [-0.15, -0.1) is 0 Å². The van der Waals surface area contributed by atoms with E-state index in [1.54, 1.807) is 12.1 Å². The van der Waals surface area contributed by atoms with Crippen LogP contribution in [0.25, 0.3) is 0 Å². The molecule has 0 saturated heterocycles. The first-order valence-electron chi connectivity index (χ1n) is 5.86. The zero-order valence-electron chi connectivity index (χ0n) is 10.6. The highest BCUT2D eigenvalue weighted by molar-refractivity contribution is 6.14. The van der Waals surface area contributed by atoms with Crippen LogP contribution in [-0.2, 0) is 4.79 Å². The highest BCUT2D eigenvalue weighted by atomic mass is 19.1. The van der Waals surface area contributed by atoms with Gasteiger partial charge < -0.3 is 10.3 Å². The Morgan fingerprint density at radius 3 is 2.62 bits per heavy atom. The number of aromatic amines is 1. The summed E-state index contributed by atoms with van der Waals surface area (Å²) in [5, 5.41) is 11.1. The summed E-state index contributed by atoms with van der Waals surface area (Å²) in [5.74, 6) is -5.14. The van der Waals surface area contributed by atoms with Crippen molar-refractivity contribution in [3.63, 3.8) is 0 Å². The number of carbonyl (C=O) groups excluding carboxylic acids is 2. The number of halogens is 2. The molecule has 0 aliphatic rings. The van der Waals surface area contributed by atoms with E-state index in [4.69, 9.17) is 5.26 Å². The molecule has 1 aromatic heterocycles. The van der Waals surface area contributed by atoms with Gasteiger partial charge in [0.05, 0.1) is 17.5 Å². The van der Waals surface area contributed by atoms with E-state index in [1.165, 1.54) is 12.3 Å². The van der Waals surface area contributed by atoms with Gasteiger partial charge in [0.15, 0.2) is 5.92 Å². The second-order valence-electron chi connectivity index (χ2n) is 4.12. The summed E-state index contributed by atoms with van der Waals surface area (Å²) in [5.41, 5.74) is -0.211. The summed E-state index contributed by atoms with van der Waals surface area (Å²) in [6, 6.07) is 7.07. The molecule has 0 aliphatic heterocycles. The second kappa shape index (κ2) is 5.96. The summed E-state index contributed by atoms with van der Waals surface area (Å²) in [7, 11) is 0. The van der Waals surface area contributed by atoms with Crippen molar-refractivity contribution < 1.29 is 18.4 Å². The molecule has 7 heteroatoms. The molecule has 1 atom stereocenters. The van der Waals surface area contributed by atoms with Gasteiger partial charge in [-0.3, -0.25) is 9.59 Å². The molecule has 0 radical (unpaired) electrons. The summed E-state index contributed by atoms with van der Waals surface area (Å²) < 4.78 is 26.2. The molecule has 21 heavy (non-hydrogen) atoms. The van der Waals surface area contributed by atoms with Crippen LogP contribution in [-0.4, -0.2) is 16.7 Å².